The topological polar surface area (TPSA) is 66.5 Å². The highest BCUT2D eigenvalue weighted by Crippen LogP contribution is 2.35. The Morgan fingerprint density at radius 2 is 1.62 bits per heavy atom. The molecule has 0 unspecified atom stereocenters. The van der Waals surface area contributed by atoms with Gasteiger partial charge in [-0.25, -0.2) is 8.42 Å². The van der Waals surface area contributed by atoms with Crippen LogP contribution < -0.4 is 5.32 Å². The second kappa shape index (κ2) is 7.31. The lowest BCUT2D eigenvalue weighted by atomic mass is 10.0. The molecule has 0 spiro atoms. The van der Waals surface area contributed by atoms with Crippen LogP contribution in [-0.4, -0.2) is 36.0 Å². The average Bonchev–Trinajstić information content (AvgIpc) is 3.55. The van der Waals surface area contributed by atoms with Gasteiger partial charge in [0, 0.05) is 24.2 Å². The lowest BCUT2D eigenvalue weighted by Crippen LogP contribution is -2.40. The summed E-state index contributed by atoms with van der Waals surface area (Å²) in [6.07, 6.45) is 8.86. The molecule has 26 heavy (non-hydrogen) atoms. The first-order chi connectivity index (χ1) is 12.5. The molecule has 0 aromatic heterocycles. The Kier molecular flexibility index (Phi) is 5.06. The maximum atomic E-state index is 13.1. The smallest absolute Gasteiger partial charge is 0.251 e. The molecule has 0 bridgehead atoms. The fourth-order valence-corrected chi connectivity index (χ4v) is 6.05. The molecular weight excluding hydrogens is 348 g/mol. The fourth-order valence-electron chi connectivity index (χ4n) is 3.78. The van der Waals surface area contributed by atoms with Gasteiger partial charge in [-0.1, -0.05) is 31.4 Å². The van der Waals surface area contributed by atoms with Crippen molar-refractivity contribution in [2.75, 3.05) is 0 Å². The number of carbonyl (C=O) groups is 1. The normalized spacial score (nSPS) is 21.7. The molecule has 3 fully saturated rings. The van der Waals surface area contributed by atoms with Gasteiger partial charge in [0.05, 0.1) is 5.25 Å². The molecule has 1 amide bonds. The number of nitrogens with one attached hydrogen (secondary N) is 1. The van der Waals surface area contributed by atoms with E-state index in [2.05, 4.69) is 5.32 Å². The summed E-state index contributed by atoms with van der Waals surface area (Å²) in [5.41, 5.74) is 1.60. The van der Waals surface area contributed by atoms with Gasteiger partial charge in [-0.2, -0.15) is 4.31 Å². The van der Waals surface area contributed by atoms with Gasteiger partial charge in [0.25, 0.3) is 5.91 Å². The monoisotopic (exact) mass is 376 g/mol. The lowest BCUT2D eigenvalue weighted by Gasteiger charge is -2.29. The first-order valence-corrected chi connectivity index (χ1v) is 11.4. The van der Waals surface area contributed by atoms with Gasteiger partial charge in [-0.3, -0.25) is 4.79 Å². The van der Waals surface area contributed by atoms with E-state index >= 15 is 0 Å². The van der Waals surface area contributed by atoms with Crippen LogP contribution in [-0.2, 0) is 16.6 Å². The van der Waals surface area contributed by atoms with E-state index in [1.54, 1.807) is 4.31 Å². The zero-order valence-corrected chi connectivity index (χ0v) is 16.0. The number of rotatable bonds is 7. The third kappa shape index (κ3) is 4.12. The van der Waals surface area contributed by atoms with Crippen molar-refractivity contribution in [2.45, 2.75) is 81.7 Å². The summed E-state index contributed by atoms with van der Waals surface area (Å²) >= 11 is 0. The fraction of sp³-hybridized carbons (Fsp3) is 0.650. The number of hydrogen-bond acceptors (Lipinski definition) is 3. The van der Waals surface area contributed by atoms with Crippen molar-refractivity contribution in [1.29, 1.82) is 0 Å². The largest absolute Gasteiger partial charge is 0.349 e. The minimum absolute atomic E-state index is 0.0343. The van der Waals surface area contributed by atoms with Gasteiger partial charge < -0.3 is 5.32 Å². The van der Waals surface area contributed by atoms with E-state index in [0.29, 0.717) is 18.2 Å². The number of sulfonamides is 1. The molecule has 4 rings (SSSR count). The third-order valence-electron chi connectivity index (χ3n) is 5.72. The Balaban J connectivity index is 1.45. The molecule has 6 heteroatoms. The zero-order valence-electron chi connectivity index (χ0n) is 15.2. The molecule has 1 aromatic carbocycles. The van der Waals surface area contributed by atoms with Crippen molar-refractivity contribution in [2.24, 2.45) is 0 Å². The first kappa shape index (κ1) is 18.0. The second-order valence-electron chi connectivity index (χ2n) is 8.03. The summed E-state index contributed by atoms with van der Waals surface area (Å²) in [5, 5.41) is 2.77. The molecule has 1 N–H and O–H groups in total. The average molecular weight is 377 g/mol. The van der Waals surface area contributed by atoms with Crippen LogP contribution in [0.3, 0.4) is 0 Å². The van der Waals surface area contributed by atoms with Crippen LogP contribution in [0.15, 0.2) is 24.3 Å². The van der Waals surface area contributed by atoms with Crippen LogP contribution in [0.5, 0.6) is 0 Å². The summed E-state index contributed by atoms with van der Waals surface area (Å²) < 4.78 is 28.0. The van der Waals surface area contributed by atoms with Crippen molar-refractivity contribution >= 4 is 15.9 Å². The summed E-state index contributed by atoms with van der Waals surface area (Å²) in [5.74, 6) is -0.0343. The standard InChI is InChI=1S/C20H28N2O3S/c23-20(21-17-10-11-17)16-8-6-15(7-9-16)14-22(18-12-13-18)26(24,25)19-4-2-1-3-5-19/h6-9,17-19H,1-5,10-14H2,(H,21,23). The number of hydrogen-bond donors (Lipinski definition) is 1. The molecule has 142 valence electrons. The van der Waals surface area contributed by atoms with E-state index in [-0.39, 0.29) is 17.2 Å². The Morgan fingerprint density at radius 3 is 2.19 bits per heavy atom. The molecule has 0 saturated heterocycles. The maximum Gasteiger partial charge on any atom is 0.251 e. The summed E-state index contributed by atoms with van der Waals surface area (Å²) in [6, 6.07) is 7.92. The molecule has 0 aliphatic heterocycles. The van der Waals surface area contributed by atoms with Gasteiger partial charge in [-0.05, 0) is 56.2 Å². The van der Waals surface area contributed by atoms with E-state index in [4.69, 9.17) is 0 Å². The molecule has 5 nitrogen and oxygen atoms in total. The van der Waals surface area contributed by atoms with Crippen LogP contribution in [0.25, 0.3) is 0 Å². The van der Waals surface area contributed by atoms with Crippen molar-refractivity contribution in [3.05, 3.63) is 35.4 Å². The Morgan fingerprint density at radius 1 is 0.962 bits per heavy atom. The zero-order chi connectivity index (χ0) is 18.1. The molecule has 3 aliphatic rings. The van der Waals surface area contributed by atoms with Crippen molar-refractivity contribution in [3.8, 4) is 0 Å². The predicted octanol–water partition coefficient (Wildman–Crippen LogP) is 3.21. The Hall–Kier alpha value is -1.40. The van der Waals surface area contributed by atoms with E-state index < -0.39 is 10.0 Å². The van der Waals surface area contributed by atoms with Gasteiger partial charge in [0.15, 0.2) is 0 Å². The van der Waals surface area contributed by atoms with E-state index in [1.165, 1.54) is 0 Å². The number of benzene rings is 1. The minimum Gasteiger partial charge on any atom is -0.349 e. The van der Waals surface area contributed by atoms with Crippen molar-refractivity contribution < 1.29 is 13.2 Å². The van der Waals surface area contributed by atoms with E-state index in [0.717, 1.165) is 63.4 Å². The lowest BCUT2D eigenvalue weighted by molar-refractivity contribution is 0.0951. The molecule has 3 saturated carbocycles. The quantitative estimate of drug-likeness (QED) is 0.795. The second-order valence-corrected chi connectivity index (χ2v) is 10.2. The number of nitrogens with zero attached hydrogens (tertiary/aromatic N) is 1. The van der Waals surface area contributed by atoms with E-state index in [9.17, 15) is 13.2 Å². The minimum atomic E-state index is -3.24. The van der Waals surface area contributed by atoms with Crippen LogP contribution in [0.2, 0.25) is 0 Å². The molecule has 0 atom stereocenters. The molecule has 1 aromatic rings. The predicted molar refractivity (Wildman–Crippen MR) is 101 cm³/mol. The molecular formula is C20H28N2O3S. The SMILES string of the molecule is O=C(NC1CC1)c1ccc(CN(C2CC2)S(=O)(=O)C2CCCCC2)cc1. The van der Waals surface area contributed by atoms with E-state index in [1.807, 2.05) is 24.3 Å². The highest BCUT2D eigenvalue weighted by Gasteiger charge is 2.41. The number of carbonyl (C=O) groups excluding carboxylic acids is 1. The van der Waals surface area contributed by atoms with Crippen LogP contribution in [0, 0.1) is 0 Å². The van der Waals surface area contributed by atoms with Crippen LogP contribution >= 0.6 is 0 Å². The highest BCUT2D eigenvalue weighted by atomic mass is 32.2. The van der Waals surface area contributed by atoms with Crippen molar-refractivity contribution in [1.82, 2.24) is 9.62 Å². The third-order valence-corrected chi connectivity index (χ3v) is 8.12. The van der Waals surface area contributed by atoms with Gasteiger partial charge in [0.1, 0.15) is 0 Å². The summed E-state index contributed by atoms with van der Waals surface area (Å²) in [4.78, 5) is 12.1. The highest BCUT2D eigenvalue weighted by molar-refractivity contribution is 7.89. The molecule has 3 aliphatic carbocycles. The maximum absolute atomic E-state index is 13.1. The first-order valence-electron chi connectivity index (χ1n) is 9.94. The van der Waals surface area contributed by atoms with Crippen LogP contribution in [0.1, 0.15) is 73.7 Å². The molecule has 0 heterocycles. The molecule has 0 radical (unpaired) electrons. The van der Waals surface area contributed by atoms with Gasteiger partial charge >= 0.3 is 0 Å². The Bertz CT molecular complexity index is 746. The van der Waals surface area contributed by atoms with Gasteiger partial charge in [0.2, 0.25) is 10.0 Å². The number of amides is 1. The summed E-state index contributed by atoms with van der Waals surface area (Å²) in [6.45, 7) is 0.425. The van der Waals surface area contributed by atoms with Crippen LogP contribution in [0.4, 0.5) is 0 Å². The van der Waals surface area contributed by atoms with Crippen molar-refractivity contribution in [3.63, 3.8) is 0 Å². The summed E-state index contributed by atoms with van der Waals surface area (Å²) in [7, 11) is -3.24. The van der Waals surface area contributed by atoms with Gasteiger partial charge in [-0.15, -0.1) is 0 Å². The Labute approximate surface area is 156 Å².